The van der Waals surface area contributed by atoms with Crippen molar-refractivity contribution in [3.63, 3.8) is 0 Å². The van der Waals surface area contributed by atoms with Gasteiger partial charge >= 0.3 is 0 Å². The first-order valence-corrected chi connectivity index (χ1v) is 9.26. The summed E-state index contributed by atoms with van der Waals surface area (Å²) in [5.74, 6) is 4.05. The number of rotatable bonds is 10. The SMILES string of the molecule is CCCNC(CSCC(C)C)c1cccc(OC(C)C)c1. The van der Waals surface area contributed by atoms with Crippen LogP contribution in [0, 0.1) is 5.92 Å². The topological polar surface area (TPSA) is 21.3 Å². The average Bonchev–Trinajstić information content (AvgIpc) is 2.41. The first kappa shape index (κ1) is 18.4. The molecule has 0 aromatic heterocycles. The Hall–Kier alpha value is -0.670. The van der Waals surface area contributed by atoms with Crippen LogP contribution >= 0.6 is 11.8 Å². The zero-order valence-corrected chi connectivity index (χ0v) is 15.0. The number of thioether (sulfide) groups is 1. The van der Waals surface area contributed by atoms with Crippen molar-refractivity contribution in [3.05, 3.63) is 29.8 Å². The van der Waals surface area contributed by atoms with Crippen molar-refractivity contribution in [2.24, 2.45) is 5.92 Å². The van der Waals surface area contributed by atoms with E-state index in [0.717, 1.165) is 30.4 Å². The number of benzene rings is 1. The molecule has 0 saturated carbocycles. The summed E-state index contributed by atoms with van der Waals surface area (Å²) in [6.07, 6.45) is 1.38. The summed E-state index contributed by atoms with van der Waals surface area (Å²) in [6.45, 7) is 12.0. The molecule has 3 heteroatoms. The third-order valence-electron chi connectivity index (χ3n) is 3.01. The summed E-state index contributed by atoms with van der Waals surface area (Å²) >= 11 is 2.03. The third-order valence-corrected chi connectivity index (χ3v) is 4.48. The van der Waals surface area contributed by atoms with Gasteiger partial charge in [-0.05, 0) is 56.2 Å². The van der Waals surface area contributed by atoms with E-state index >= 15 is 0 Å². The maximum absolute atomic E-state index is 5.82. The third kappa shape index (κ3) is 7.77. The number of ether oxygens (including phenoxy) is 1. The fourth-order valence-electron chi connectivity index (χ4n) is 2.09. The van der Waals surface area contributed by atoms with Gasteiger partial charge in [0.2, 0.25) is 0 Å². The van der Waals surface area contributed by atoms with Crippen molar-refractivity contribution in [3.8, 4) is 5.75 Å². The number of nitrogens with one attached hydrogen (secondary N) is 1. The van der Waals surface area contributed by atoms with Gasteiger partial charge in [0.05, 0.1) is 6.10 Å². The Balaban J connectivity index is 2.71. The van der Waals surface area contributed by atoms with Gasteiger partial charge in [-0.1, -0.05) is 32.9 Å². The molecule has 1 aromatic carbocycles. The highest BCUT2D eigenvalue weighted by molar-refractivity contribution is 7.99. The molecule has 0 fully saturated rings. The van der Waals surface area contributed by atoms with E-state index in [0.29, 0.717) is 6.04 Å². The van der Waals surface area contributed by atoms with Crippen molar-refractivity contribution in [1.29, 1.82) is 0 Å². The van der Waals surface area contributed by atoms with Crippen LogP contribution in [0.15, 0.2) is 24.3 Å². The molecule has 0 aliphatic rings. The van der Waals surface area contributed by atoms with E-state index < -0.39 is 0 Å². The molecule has 0 amide bonds. The van der Waals surface area contributed by atoms with Crippen LogP contribution in [0.25, 0.3) is 0 Å². The quantitative estimate of drug-likeness (QED) is 0.664. The molecule has 0 aliphatic carbocycles. The van der Waals surface area contributed by atoms with E-state index in [2.05, 4.69) is 58.1 Å². The lowest BCUT2D eigenvalue weighted by Crippen LogP contribution is -2.24. The van der Waals surface area contributed by atoms with Gasteiger partial charge in [-0.3, -0.25) is 0 Å². The second kappa shape index (κ2) is 10.1. The maximum Gasteiger partial charge on any atom is 0.120 e. The highest BCUT2D eigenvalue weighted by Crippen LogP contribution is 2.24. The zero-order valence-electron chi connectivity index (χ0n) is 14.2. The van der Waals surface area contributed by atoms with Gasteiger partial charge in [-0.25, -0.2) is 0 Å². The van der Waals surface area contributed by atoms with E-state index in [1.54, 1.807) is 0 Å². The fourth-order valence-corrected chi connectivity index (χ4v) is 3.24. The van der Waals surface area contributed by atoms with Gasteiger partial charge < -0.3 is 10.1 Å². The monoisotopic (exact) mass is 309 g/mol. The summed E-state index contributed by atoms with van der Waals surface area (Å²) in [5.41, 5.74) is 1.33. The Morgan fingerprint density at radius 1 is 1.14 bits per heavy atom. The molecule has 0 heterocycles. The Labute approximate surface area is 135 Å². The maximum atomic E-state index is 5.82. The highest BCUT2D eigenvalue weighted by atomic mass is 32.2. The summed E-state index contributed by atoms with van der Waals surface area (Å²) in [4.78, 5) is 0. The van der Waals surface area contributed by atoms with Crippen molar-refractivity contribution in [2.75, 3.05) is 18.1 Å². The summed E-state index contributed by atoms with van der Waals surface area (Å²) < 4.78 is 5.82. The van der Waals surface area contributed by atoms with Crippen LogP contribution in [-0.2, 0) is 0 Å². The average molecular weight is 310 g/mol. The summed E-state index contributed by atoms with van der Waals surface area (Å²) in [5, 5.41) is 3.66. The predicted molar refractivity (Wildman–Crippen MR) is 95.4 cm³/mol. The van der Waals surface area contributed by atoms with E-state index in [1.807, 2.05) is 17.8 Å². The van der Waals surface area contributed by atoms with Gasteiger partial charge in [-0.2, -0.15) is 11.8 Å². The molecule has 0 spiro atoms. The zero-order chi connectivity index (χ0) is 15.7. The molecular weight excluding hydrogens is 278 g/mol. The van der Waals surface area contributed by atoms with Crippen molar-refractivity contribution >= 4 is 11.8 Å². The van der Waals surface area contributed by atoms with Crippen molar-refractivity contribution < 1.29 is 4.74 Å². The largest absolute Gasteiger partial charge is 0.491 e. The van der Waals surface area contributed by atoms with Crippen LogP contribution in [0.5, 0.6) is 5.75 Å². The van der Waals surface area contributed by atoms with E-state index in [1.165, 1.54) is 11.3 Å². The summed E-state index contributed by atoms with van der Waals surface area (Å²) in [6, 6.07) is 8.94. The standard InChI is InChI=1S/C18H31NOS/c1-6-10-19-18(13-21-12-14(2)3)16-8-7-9-17(11-16)20-15(4)5/h7-9,11,14-15,18-19H,6,10,12-13H2,1-5H3. The number of hydrogen-bond donors (Lipinski definition) is 1. The van der Waals surface area contributed by atoms with E-state index in [-0.39, 0.29) is 6.10 Å². The van der Waals surface area contributed by atoms with Crippen LogP contribution in [0.3, 0.4) is 0 Å². The Kier molecular flexibility index (Phi) is 8.86. The minimum absolute atomic E-state index is 0.220. The minimum atomic E-state index is 0.220. The van der Waals surface area contributed by atoms with Crippen LogP contribution in [0.1, 0.15) is 52.6 Å². The normalized spacial score (nSPS) is 12.9. The predicted octanol–water partition coefficient (Wildman–Crippen LogP) is 4.90. The second-order valence-corrected chi connectivity index (χ2v) is 7.25. The van der Waals surface area contributed by atoms with Crippen molar-refractivity contribution in [2.45, 2.75) is 53.2 Å². The van der Waals surface area contributed by atoms with Crippen LogP contribution in [0.4, 0.5) is 0 Å². The van der Waals surface area contributed by atoms with E-state index in [4.69, 9.17) is 4.74 Å². The molecule has 1 atom stereocenters. The van der Waals surface area contributed by atoms with Crippen LogP contribution < -0.4 is 10.1 Å². The molecule has 0 saturated heterocycles. The molecule has 1 N–H and O–H groups in total. The van der Waals surface area contributed by atoms with Gasteiger partial charge in [0.1, 0.15) is 5.75 Å². The second-order valence-electron chi connectivity index (χ2n) is 6.18. The van der Waals surface area contributed by atoms with Crippen molar-refractivity contribution in [1.82, 2.24) is 5.32 Å². The molecule has 1 aromatic rings. The molecule has 120 valence electrons. The highest BCUT2D eigenvalue weighted by Gasteiger charge is 2.12. The van der Waals surface area contributed by atoms with Crippen LogP contribution in [-0.4, -0.2) is 24.2 Å². The lowest BCUT2D eigenvalue weighted by Gasteiger charge is -2.20. The smallest absolute Gasteiger partial charge is 0.120 e. The molecular formula is C18H31NOS. The van der Waals surface area contributed by atoms with E-state index in [9.17, 15) is 0 Å². The first-order valence-electron chi connectivity index (χ1n) is 8.10. The molecule has 0 radical (unpaired) electrons. The van der Waals surface area contributed by atoms with Gasteiger partial charge in [0.25, 0.3) is 0 Å². The van der Waals surface area contributed by atoms with Gasteiger partial charge in [-0.15, -0.1) is 0 Å². The molecule has 1 rings (SSSR count). The molecule has 0 aliphatic heterocycles. The minimum Gasteiger partial charge on any atom is -0.491 e. The molecule has 2 nitrogen and oxygen atoms in total. The lowest BCUT2D eigenvalue weighted by molar-refractivity contribution is 0.242. The first-order chi connectivity index (χ1) is 10.0. The van der Waals surface area contributed by atoms with Crippen LogP contribution in [0.2, 0.25) is 0 Å². The Morgan fingerprint density at radius 3 is 2.52 bits per heavy atom. The molecule has 1 unspecified atom stereocenters. The summed E-state index contributed by atoms with van der Waals surface area (Å²) in [7, 11) is 0. The van der Waals surface area contributed by atoms with Gasteiger partial charge in [0, 0.05) is 11.8 Å². The van der Waals surface area contributed by atoms with Gasteiger partial charge in [0.15, 0.2) is 0 Å². The number of hydrogen-bond acceptors (Lipinski definition) is 3. The Bertz CT molecular complexity index is 393. The fraction of sp³-hybridized carbons (Fsp3) is 0.667. The Morgan fingerprint density at radius 2 is 1.90 bits per heavy atom. The molecule has 21 heavy (non-hydrogen) atoms. The molecule has 0 bridgehead atoms. The lowest BCUT2D eigenvalue weighted by atomic mass is 10.1.